The molecule has 41 heavy (non-hydrogen) atoms. The van der Waals surface area contributed by atoms with Crippen LogP contribution in [0.25, 0.3) is 0 Å². The highest BCUT2D eigenvalue weighted by Crippen LogP contribution is 2.28. The van der Waals surface area contributed by atoms with Crippen LogP contribution in [0.5, 0.6) is 11.5 Å². The molecule has 4 rings (SSSR count). The number of amides is 2. The van der Waals surface area contributed by atoms with Gasteiger partial charge in [-0.05, 0) is 60.6 Å². The van der Waals surface area contributed by atoms with E-state index in [0.29, 0.717) is 22.8 Å². The Kier molecular flexibility index (Phi) is 10.3. The van der Waals surface area contributed by atoms with Crippen molar-refractivity contribution in [3.05, 3.63) is 93.7 Å². The lowest BCUT2D eigenvalue weighted by molar-refractivity contribution is -0.153. The molecule has 0 saturated carbocycles. The number of nitrogens with zero attached hydrogens (tertiary/aromatic N) is 3. The first-order valence-electron chi connectivity index (χ1n) is 12.8. The van der Waals surface area contributed by atoms with Crippen molar-refractivity contribution in [1.29, 1.82) is 0 Å². The van der Waals surface area contributed by atoms with Crippen LogP contribution >= 0.6 is 35.4 Å². The summed E-state index contributed by atoms with van der Waals surface area (Å²) in [5.74, 6) is -0.614. The number of hydrogen-bond acceptors (Lipinski definition) is 5. The highest BCUT2D eigenvalue weighted by atomic mass is 35.5. The van der Waals surface area contributed by atoms with Crippen molar-refractivity contribution in [2.45, 2.75) is 25.4 Å². The molecule has 0 bridgehead atoms. The third-order valence-electron chi connectivity index (χ3n) is 6.58. The van der Waals surface area contributed by atoms with Gasteiger partial charge < -0.3 is 20.1 Å². The zero-order valence-corrected chi connectivity index (χ0v) is 24.6. The summed E-state index contributed by atoms with van der Waals surface area (Å²) in [7, 11) is 1.51. The monoisotopic (exact) mass is 618 g/mol. The molecule has 2 amide bonds. The molecule has 0 saturated heterocycles. The number of benzene rings is 3. The Morgan fingerprint density at radius 2 is 1.90 bits per heavy atom. The number of hydrazine groups is 1. The fraction of sp³-hybridized carbons (Fsp3) is 0.276. The summed E-state index contributed by atoms with van der Waals surface area (Å²) >= 11 is 17.5. The summed E-state index contributed by atoms with van der Waals surface area (Å²) in [6.07, 6.45) is 0.611. The van der Waals surface area contributed by atoms with Gasteiger partial charge in [0.2, 0.25) is 0 Å². The number of halogens is 3. The number of carbonyl (C=O) groups is 2. The normalized spacial score (nSPS) is 16.2. The molecule has 0 unspecified atom stereocenters. The molecule has 0 fully saturated rings. The minimum absolute atomic E-state index is 0.0190. The molecular formula is C29H29Cl2FN4O4S. The number of nitrogens with two attached hydrogens (primary N) is 1. The maximum absolute atomic E-state index is 14.2. The smallest absolute Gasteiger partial charge is 0.264 e. The van der Waals surface area contributed by atoms with Crippen molar-refractivity contribution in [3.8, 4) is 11.5 Å². The molecule has 216 valence electrons. The number of thiocarbonyl (C=S) groups is 1. The highest BCUT2D eigenvalue weighted by molar-refractivity contribution is 7.80. The zero-order chi connectivity index (χ0) is 29.5. The van der Waals surface area contributed by atoms with Gasteiger partial charge in [-0.15, -0.1) is 0 Å². The lowest BCUT2D eigenvalue weighted by Crippen LogP contribution is -2.58. The van der Waals surface area contributed by atoms with Crippen LogP contribution in [0.4, 0.5) is 4.39 Å². The quantitative estimate of drug-likeness (QED) is 0.409. The first-order valence-corrected chi connectivity index (χ1v) is 14.0. The summed E-state index contributed by atoms with van der Waals surface area (Å²) in [6.45, 7) is -0.000864. The molecule has 12 heteroatoms. The third-order valence-corrected chi connectivity index (χ3v) is 7.32. The van der Waals surface area contributed by atoms with Crippen molar-refractivity contribution in [2.24, 2.45) is 5.73 Å². The summed E-state index contributed by atoms with van der Waals surface area (Å²) in [5.41, 5.74) is 7.35. The van der Waals surface area contributed by atoms with Crippen molar-refractivity contribution < 1.29 is 23.5 Å². The molecule has 1 aliphatic rings. The highest BCUT2D eigenvalue weighted by Gasteiger charge is 2.35. The van der Waals surface area contributed by atoms with E-state index >= 15 is 0 Å². The van der Waals surface area contributed by atoms with Gasteiger partial charge >= 0.3 is 0 Å². The van der Waals surface area contributed by atoms with E-state index in [1.165, 1.54) is 46.2 Å². The SMILES string of the molecule is CN1C(=O)[C@H](Cc2ccccc2)N(C(=O)COc2ccc(Cl)cc2Cl)CCCOc2ccc(F)cc2CN1C(N)=S. The Morgan fingerprint density at radius 3 is 2.61 bits per heavy atom. The van der Waals surface area contributed by atoms with Gasteiger partial charge in [0.15, 0.2) is 11.7 Å². The van der Waals surface area contributed by atoms with E-state index in [1.807, 2.05) is 30.3 Å². The summed E-state index contributed by atoms with van der Waals surface area (Å²) in [5, 5.41) is 3.20. The van der Waals surface area contributed by atoms with Crippen LogP contribution in [0.2, 0.25) is 10.0 Å². The number of likely N-dealkylation sites (N-methyl/N-ethyl adjacent to an activating group) is 1. The summed E-state index contributed by atoms with van der Waals surface area (Å²) in [4.78, 5) is 29.3. The number of hydrogen-bond donors (Lipinski definition) is 1. The molecule has 3 aromatic carbocycles. The van der Waals surface area contributed by atoms with E-state index < -0.39 is 23.7 Å². The van der Waals surface area contributed by atoms with Gasteiger partial charge in [0.25, 0.3) is 11.8 Å². The Morgan fingerprint density at radius 1 is 1.15 bits per heavy atom. The molecule has 1 atom stereocenters. The molecule has 0 aromatic heterocycles. The lowest BCUT2D eigenvalue weighted by atomic mass is 10.0. The minimum Gasteiger partial charge on any atom is -0.493 e. The number of ether oxygens (including phenoxy) is 2. The van der Waals surface area contributed by atoms with Crippen LogP contribution in [-0.2, 0) is 22.6 Å². The predicted molar refractivity (Wildman–Crippen MR) is 159 cm³/mol. The second kappa shape index (κ2) is 13.8. The Balaban J connectivity index is 1.69. The molecule has 8 nitrogen and oxygen atoms in total. The predicted octanol–water partition coefficient (Wildman–Crippen LogP) is 4.85. The van der Waals surface area contributed by atoms with Crippen molar-refractivity contribution in [2.75, 3.05) is 26.8 Å². The molecule has 3 aromatic rings. The lowest BCUT2D eigenvalue weighted by Gasteiger charge is -2.39. The van der Waals surface area contributed by atoms with Crippen LogP contribution < -0.4 is 15.2 Å². The Hall–Kier alpha value is -3.60. The van der Waals surface area contributed by atoms with Crippen LogP contribution in [-0.4, -0.2) is 64.7 Å². The summed E-state index contributed by atoms with van der Waals surface area (Å²) in [6, 6.07) is 17.2. The molecule has 1 heterocycles. The maximum Gasteiger partial charge on any atom is 0.264 e. The maximum atomic E-state index is 14.2. The molecular weight excluding hydrogens is 590 g/mol. The molecule has 0 radical (unpaired) electrons. The van der Waals surface area contributed by atoms with E-state index in [9.17, 15) is 14.0 Å². The molecule has 0 aliphatic carbocycles. The van der Waals surface area contributed by atoms with Gasteiger partial charge in [-0.3, -0.25) is 19.6 Å². The topological polar surface area (TPSA) is 88.3 Å². The van der Waals surface area contributed by atoms with Gasteiger partial charge in [-0.1, -0.05) is 53.5 Å². The standard InChI is InChI=1S/C29H29Cl2FN4O4S/c1-34-28(38)24(14-19-6-3-2-4-7-19)35(27(37)18-40-26-10-8-21(30)16-23(26)31)12-5-13-39-25-11-9-22(32)15-20(25)17-36(34)29(33)41/h2-4,6-11,15-16,24H,5,12-14,17-18H2,1H3,(H2,33,41)/t24-/m0/s1. The molecule has 0 spiro atoms. The fourth-order valence-electron chi connectivity index (χ4n) is 4.49. The number of rotatable bonds is 5. The van der Waals surface area contributed by atoms with E-state index in [0.717, 1.165) is 5.56 Å². The Bertz CT molecular complexity index is 1410. The third kappa shape index (κ3) is 7.78. The fourth-order valence-corrected chi connectivity index (χ4v) is 5.14. The van der Waals surface area contributed by atoms with Gasteiger partial charge in [0.1, 0.15) is 23.4 Å². The largest absolute Gasteiger partial charge is 0.493 e. The van der Waals surface area contributed by atoms with E-state index in [2.05, 4.69) is 0 Å². The van der Waals surface area contributed by atoms with Crippen LogP contribution in [0.1, 0.15) is 17.5 Å². The zero-order valence-electron chi connectivity index (χ0n) is 22.3. The van der Waals surface area contributed by atoms with E-state index in [-0.39, 0.29) is 48.6 Å². The second-order valence-corrected chi connectivity index (χ2v) is 10.6. The van der Waals surface area contributed by atoms with Crippen LogP contribution in [0.15, 0.2) is 66.7 Å². The van der Waals surface area contributed by atoms with Crippen molar-refractivity contribution in [1.82, 2.24) is 14.9 Å². The van der Waals surface area contributed by atoms with Crippen molar-refractivity contribution in [3.63, 3.8) is 0 Å². The first-order chi connectivity index (χ1) is 19.6. The van der Waals surface area contributed by atoms with Crippen LogP contribution in [0.3, 0.4) is 0 Å². The van der Waals surface area contributed by atoms with Gasteiger partial charge in [-0.25, -0.2) is 4.39 Å². The molecule has 1 aliphatic heterocycles. The second-order valence-electron chi connectivity index (χ2n) is 9.37. The van der Waals surface area contributed by atoms with E-state index in [4.69, 9.17) is 50.6 Å². The minimum atomic E-state index is -0.942. The van der Waals surface area contributed by atoms with E-state index in [1.54, 1.807) is 12.1 Å². The Labute approximate surface area is 253 Å². The van der Waals surface area contributed by atoms with Gasteiger partial charge in [0, 0.05) is 30.6 Å². The molecule has 2 N–H and O–H groups in total. The number of carbonyl (C=O) groups excluding carboxylic acids is 2. The van der Waals surface area contributed by atoms with Gasteiger partial charge in [0.05, 0.1) is 18.2 Å². The van der Waals surface area contributed by atoms with Crippen molar-refractivity contribution >= 4 is 52.3 Å². The first kappa shape index (κ1) is 30.4. The average Bonchev–Trinajstić information content (AvgIpc) is 2.94. The average molecular weight is 620 g/mol. The van der Waals surface area contributed by atoms with Crippen LogP contribution in [0, 0.1) is 5.82 Å². The van der Waals surface area contributed by atoms with Gasteiger partial charge in [-0.2, -0.15) is 0 Å². The number of fused-ring (bicyclic) bond motifs is 1. The summed E-state index contributed by atoms with van der Waals surface area (Å²) < 4.78 is 25.8.